The van der Waals surface area contributed by atoms with Gasteiger partial charge in [0.2, 0.25) is 10.0 Å². The van der Waals surface area contributed by atoms with Gasteiger partial charge in [-0.15, -0.1) is 0 Å². The molecule has 0 bridgehead atoms. The van der Waals surface area contributed by atoms with Gasteiger partial charge in [-0.05, 0) is 24.3 Å². The van der Waals surface area contributed by atoms with Gasteiger partial charge in [0, 0.05) is 21.3 Å². The van der Waals surface area contributed by atoms with E-state index in [1.54, 1.807) is 30.3 Å². The number of nitrogens with one attached hydrogen (secondary N) is 2. The molecular formula is C17H15BrN2O5S. The summed E-state index contributed by atoms with van der Waals surface area (Å²) in [5.74, 6) is -1.27. The van der Waals surface area contributed by atoms with Crippen molar-refractivity contribution in [3.8, 4) is 0 Å². The molecule has 1 aliphatic rings. The van der Waals surface area contributed by atoms with Crippen molar-refractivity contribution in [1.29, 1.82) is 0 Å². The molecule has 2 aromatic carbocycles. The predicted octanol–water partition coefficient (Wildman–Crippen LogP) is 2.23. The molecular weight excluding hydrogens is 424 g/mol. The number of benzene rings is 2. The maximum Gasteiger partial charge on any atom is 0.261 e. The van der Waals surface area contributed by atoms with Gasteiger partial charge in [0.25, 0.3) is 5.91 Å². The maximum atomic E-state index is 12.8. The van der Waals surface area contributed by atoms with Crippen LogP contribution in [0.1, 0.15) is 22.3 Å². The molecule has 0 radical (unpaired) electrons. The summed E-state index contributed by atoms with van der Waals surface area (Å²) in [4.78, 5) is 25.1. The van der Waals surface area contributed by atoms with Gasteiger partial charge in [-0.1, -0.05) is 34.1 Å². The average Bonchev–Trinajstić information content (AvgIpc) is 2.76. The van der Waals surface area contributed by atoms with Crippen LogP contribution in [0.2, 0.25) is 0 Å². The van der Waals surface area contributed by atoms with Crippen LogP contribution in [0.3, 0.4) is 0 Å². The lowest BCUT2D eigenvalue weighted by molar-refractivity contribution is -0.133. The topological polar surface area (TPSA) is 113 Å². The van der Waals surface area contributed by atoms with Crippen molar-refractivity contribution in [3.63, 3.8) is 0 Å². The highest BCUT2D eigenvalue weighted by Gasteiger charge is 2.47. The summed E-state index contributed by atoms with van der Waals surface area (Å²) in [6.45, 7) is 0. The Morgan fingerprint density at radius 2 is 1.96 bits per heavy atom. The van der Waals surface area contributed by atoms with Crippen LogP contribution in [-0.2, 0) is 20.4 Å². The second-order valence-electron chi connectivity index (χ2n) is 6.02. The summed E-state index contributed by atoms with van der Waals surface area (Å²) >= 11 is 3.28. The monoisotopic (exact) mass is 438 g/mol. The second-order valence-corrected chi connectivity index (χ2v) is 8.69. The van der Waals surface area contributed by atoms with E-state index < -0.39 is 33.7 Å². The molecule has 0 unspecified atom stereocenters. The molecule has 0 spiro atoms. The quantitative estimate of drug-likeness (QED) is 0.619. The van der Waals surface area contributed by atoms with Crippen molar-refractivity contribution in [2.24, 2.45) is 0 Å². The Morgan fingerprint density at radius 3 is 2.65 bits per heavy atom. The molecule has 0 saturated carbocycles. The first kappa shape index (κ1) is 18.6. The van der Waals surface area contributed by atoms with Crippen LogP contribution >= 0.6 is 15.9 Å². The first-order valence-electron chi connectivity index (χ1n) is 7.54. The molecule has 0 fully saturated rings. The van der Waals surface area contributed by atoms with Crippen molar-refractivity contribution in [3.05, 3.63) is 58.1 Å². The Labute approximate surface area is 158 Å². The molecule has 3 rings (SSSR count). The second kappa shape index (κ2) is 6.49. The highest BCUT2D eigenvalue weighted by atomic mass is 79.9. The number of carbonyl (C=O) groups excluding carboxylic acids is 2. The summed E-state index contributed by atoms with van der Waals surface area (Å²) in [7, 11) is -3.59. The Morgan fingerprint density at radius 1 is 1.27 bits per heavy atom. The standard InChI is InChI=1S/C17H15BrN2O5S/c1-26(24,25)20-13-5-3-2-4-11(13)15(21)9-17(23)12-7-6-10(18)8-14(12)19-16(17)22/h2-8,20,23H,9H2,1H3,(H,19,22)/t17-/m0/s1. The zero-order valence-corrected chi connectivity index (χ0v) is 16.0. The van der Waals surface area contributed by atoms with Crippen molar-refractivity contribution in [2.75, 3.05) is 16.3 Å². The largest absolute Gasteiger partial charge is 0.375 e. The average molecular weight is 439 g/mol. The number of para-hydroxylation sites is 1. The van der Waals surface area contributed by atoms with Crippen molar-refractivity contribution in [2.45, 2.75) is 12.0 Å². The fourth-order valence-electron chi connectivity index (χ4n) is 2.85. The molecule has 26 heavy (non-hydrogen) atoms. The zero-order chi connectivity index (χ0) is 19.1. The number of hydrogen-bond acceptors (Lipinski definition) is 5. The van der Waals surface area contributed by atoms with Crippen molar-refractivity contribution >= 4 is 49.0 Å². The molecule has 136 valence electrons. The Bertz CT molecular complexity index is 1020. The van der Waals surface area contributed by atoms with Gasteiger partial charge >= 0.3 is 0 Å². The van der Waals surface area contributed by atoms with Crippen LogP contribution in [0.5, 0.6) is 0 Å². The Kier molecular flexibility index (Phi) is 4.63. The summed E-state index contributed by atoms with van der Waals surface area (Å²) in [6, 6.07) is 10.9. The normalized spacial score (nSPS) is 19.0. The third-order valence-corrected chi connectivity index (χ3v) is 5.07. The van der Waals surface area contributed by atoms with Gasteiger partial charge in [0.1, 0.15) is 0 Å². The first-order valence-corrected chi connectivity index (χ1v) is 10.2. The van der Waals surface area contributed by atoms with Gasteiger partial charge in [-0.25, -0.2) is 8.42 Å². The third kappa shape index (κ3) is 3.50. The van der Waals surface area contributed by atoms with Crippen LogP contribution in [0.4, 0.5) is 11.4 Å². The van der Waals surface area contributed by atoms with Crippen LogP contribution in [0.15, 0.2) is 46.9 Å². The minimum atomic E-state index is -3.59. The van der Waals surface area contributed by atoms with E-state index in [1.165, 1.54) is 12.1 Å². The van der Waals surface area contributed by atoms with E-state index in [0.29, 0.717) is 11.3 Å². The number of sulfonamides is 1. The van der Waals surface area contributed by atoms with Crippen LogP contribution in [-0.4, -0.2) is 31.5 Å². The molecule has 1 heterocycles. The summed E-state index contributed by atoms with van der Waals surface area (Å²) < 4.78 is 26.0. The van der Waals surface area contributed by atoms with Gasteiger partial charge < -0.3 is 10.4 Å². The number of halogens is 1. The number of anilines is 2. The molecule has 0 aromatic heterocycles. The molecule has 0 saturated heterocycles. The van der Waals surface area contributed by atoms with Gasteiger partial charge in [0.15, 0.2) is 11.4 Å². The van der Waals surface area contributed by atoms with Crippen LogP contribution in [0.25, 0.3) is 0 Å². The molecule has 7 nitrogen and oxygen atoms in total. The van der Waals surface area contributed by atoms with Crippen LogP contribution in [0, 0.1) is 0 Å². The summed E-state index contributed by atoms with van der Waals surface area (Å²) in [6.07, 6.45) is 0.455. The fraction of sp³-hybridized carbons (Fsp3) is 0.176. The number of amides is 1. The van der Waals surface area contributed by atoms with E-state index in [-0.39, 0.29) is 11.3 Å². The number of ketones is 1. The SMILES string of the molecule is CS(=O)(=O)Nc1ccccc1C(=O)C[C@@]1(O)C(=O)Nc2cc(Br)ccc21. The lowest BCUT2D eigenvalue weighted by Gasteiger charge is -2.20. The zero-order valence-electron chi connectivity index (χ0n) is 13.6. The van der Waals surface area contributed by atoms with E-state index in [2.05, 4.69) is 26.0 Å². The molecule has 1 atom stereocenters. The lowest BCUT2D eigenvalue weighted by Crippen LogP contribution is -2.36. The highest BCUT2D eigenvalue weighted by molar-refractivity contribution is 9.10. The van der Waals surface area contributed by atoms with E-state index in [9.17, 15) is 23.1 Å². The van der Waals surface area contributed by atoms with E-state index in [1.807, 2.05) is 0 Å². The Balaban J connectivity index is 1.96. The molecule has 1 amide bonds. The fourth-order valence-corrected chi connectivity index (χ4v) is 3.79. The molecule has 3 N–H and O–H groups in total. The summed E-state index contributed by atoms with van der Waals surface area (Å²) in [5, 5.41) is 13.4. The number of Topliss-reactive ketones (excluding diaryl/α,β-unsaturated/α-hetero) is 1. The molecule has 2 aromatic rings. The van der Waals surface area contributed by atoms with E-state index in [0.717, 1.165) is 10.7 Å². The third-order valence-electron chi connectivity index (χ3n) is 3.99. The maximum absolute atomic E-state index is 12.8. The van der Waals surface area contributed by atoms with Crippen LogP contribution < -0.4 is 10.0 Å². The number of aliphatic hydroxyl groups is 1. The van der Waals surface area contributed by atoms with Crippen molar-refractivity contribution < 1.29 is 23.1 Å². The first-order chi connectivity index (χ1) is 12.1. The van der Waals surface area contributed by atoms with E-state index >= 15 is 0 Å². The number of hydrogen-bond donors (Lipinski definition) is 3. The number of rotatable bonds is 5. The van der Waals surface area contributed by atoms with Gasteiger partial charge in [0.05, 0.1) is 18.4 Å². The predicted molar refractivity (Wildman–Crippen MR) is 101 cm³/mol. The Hall–Kier alpha value is -2.23. The highest BCUT2D eigenvalue weighted by Crippen LogP contribution is 2.40. The van der Waals surface area contributed by atoms with Gasteiger partial charge in [-0.3, -0.25) is 14.3 Å². The molecule has 1 aliphatic heterocycles. The summed E-state index contributed by atoms with van der Waals surface area (Å²) in [5.41, 5.74) is -1.14. The smallest absolute Gasteiger partial charge is 0.261 e. The number of carbonyl (C=O) groups is 2. The van der Waals surface area contributed by atoms with Gasteiger partial charge in [-0.2, -0.15) is 0 Å². The minimum Gasteiger partial charge on any atom is -0.375 e. The molecule has 0 aliphatic carbocycles. The number of fused-ring (bicyclic) bond motifs is 1. The van der Waals surface area contributed by atoms with E-state index in [4.69, 9.17) is 0 Å². The van der Waals surface area contributed by atoms with Crippen molar-refractivity contribution in [1.82, 2.24) is 0 Å². The minimum absolute atomic E-state index is 0.0738. The lowest BCUT2D eigenvalue weighted by atomic mass is 9.88. The molecule has 9 heteroatoms.